The van der Waals surface area contributed by atoms with Crippen LogP contribution in [0.4, 0.5) is 11.4 Å². The first-order valence-electron chi connectivity index (χ1n) is 16.2. The number of aromatic nitrogens is 1. The summed E-state index contributed by atoms with van der Waals surface area (Å²) in [6.07, 6.45) is 3.55. The highest BCUT2D eigenvalue weighted by molar-refractivity contribution is 5.92. The minimum atomic E-state index is -1.12. The van der Waals surface area contributed by atoms with Gasteiger partial charge in [-0.15, -0.1) is 0 Å². The maximum Gasteiger partial charge on any atom is 0.320 e. The molecule has 48 heavy (non-hydrogen) atoms. The molecule has 0 bridgehead atoms. The standard InChI is InChI=1S/C35H45N7O6/c36-28(34(45)46)11-13-32(43)39-22-26-6-2-4-8-31(26)42-19-17-41(18-20-42)23-27-21-24(15-16-38-27)9-10-25-5-1-3-7-30(25)40-33(44)14-12-29(37)35(47)48/h1-8,15-16,21,28-29H,9-14,17-20,22-23,36-37H2,(H,39,43)(H,40,44)(H,45,46)(H,47,48)/t28-,29-/m0/s1. The number of piperazine rings is 1. The predicted molar refractivity (Wildman–Crippen MR) is 182 cm³/mol. The summed E-state index contributed by atoms with van der Waals surface area (Å²) in [5, 5.41) is 23.7. The Morgan fingerprint density at radius 1 is 0.792 bits per heavy atom. The molecule has 1 aliphatic rings. The molecule has 2 aromatic carbocycles. The monoisotopic (exact) mass is 659 g/mol. The minimum Gasteiger partial charge on any atom is -0.480 e. The molecule has 2 heterocycles. The number of amides is 2. The molecule has 2 amide bonds. The second-order valence-electron chi connectivity index (χ2n) is 12.0. The van der Waals surface area contributed by atoms with Gasteiger partial charge >= 0.3 is 11.9 Å². The molecular weight excluding hydrogens is 614 g/mol. The zero-order chi connectivity index (χ0) is 34.5. The van der Waals surface area contributed by atoms with Crippen LogP contribution in [0.5, 0.6) is 0 Å². The first-order chi connectivity index (χ1) is 23.1. The van der Waals surface area contributed by atoms with E-state index in [2.05, 4.69) is 37.6 Å². The lowest BCUT2D eigenvalue weighted by Gasteiger charge is -2.37. The molecule has 256 valence electrons. The molecule has 1 fully saturated rings. The van der Waals surface area contributed by atoms with E-state index in [0.717, 1.165) is 67.2 Å². The number of hydrogen-bond donors (Lipinski definition) is 6. The zero-order valence-corrected chi connectivity index (χ0v) is 27.0. The third kappa shape index (κ3) is 11.1. The van der Waals surface area contributed by atoms with E-state index in [9.17, 15) is 19.2 Å². The summed E-state index contributed by atoms with van der Waals surface area (Å²) in [5.41, 5.74) is 17.0. The van der Waals surface area contributed by atoms with E-state index in [0.29, 0.717) is 18.7 Å². The molecule has 4 rings (SSSR count). The zero-order valence-electron chi connectivity index (χ0n) is 27.0. The van der Waals surface area contributed by atoms with Crippen molar-refractivity contribution < 1.29 is 29.4 Å². The fourth-order valence-corrected chi connectivity index (χ4v) is 5.57. The summed E-state index contributed by atoms with van der Waals surface area (Å²) in [6.45, 7) is 4.43. The Morgan fingerprint density at radius 2 is 1.42 bits per heavy atom. The van der Waals surface area contributed by atoms with Crippen LogP contribution in [0.2, 0.25) is 0 Å². The number of carbonyl (C=O) groups is 4. The lowest BCUT2D eigenvalue weighted by molar-refractivity contribution is -0.139. The molecule has 2 atom stereocenters. The number of nitrogens with zero attached hydrogens (tertiary/aromatic N) is 3. The quantitative estimate of drug-likeness (QED) is 0.124. The first kappa shape index (κ1) is 36.0. The molecule has 0 saturated carbocycles. The van der Waals surface area contributed by atoms with Crippen LogP contribution in [0.1, 0.15) is 48.1 Å². The molecule has 1 saturated heterocycles. The van der Waals surface area contributed by atoms with Crippen molar-refractivity contribution >= 4 is 35.1 Å². The number of carbonyl (C=O) groups excluding carboxylic acids is 2. The molecule has 1 aliphatic heterocycles. The number of anilines is 2. The van der Waals surface area contributed by atoms with Gasteiger partial charge in [-0.2, -0.15) is 0 Å². The van der Waals surface area contributed by atoms with Gasteiger partial charge in [-0.3, -0.25) is 29.1 Å². The third-order valence-electron chi connectivity index (χ3n) is 8.42. The van der Waals surface area contributed by atoms with E-state index in [4.69, 9.17) is 21.7 Å². The highest BCUT2D eigenvalue weighted by Gasteiger charge is 2.21. The average Bonchev–Trinajstić information content (AvgIpc) is 3.08. The van der Waals surface area contributed by atoms with Gasteiger partial charge in [-0.25, -0.2) is 0 Å². The van der Waals surface area contributed by atoms with Crippen LogP contribution < -0.4 is 27.0 Å². The van der Waals surface area contributed by atoms with Crippen molar-refractivity contribution in [3.8, 4) is 0 Å². The van der Waals surface area contributed by atoms with Crippen molar-refractivity contribution in [2.45, 2.75) is 63.7 Å². The third-order valence-corrected chi connectivity index (χ3v) is 8.42. The highest BCUT2D eigenvalue weighted by atomic mass is 16.4. The fourth-order valence-electron chi connectivity index (χ4n) is 5.57. The Labute approximate surface area is 280 Å². The van der Waals surface area contributed by atoms with Crippen LogP contribution in [0.3, 0.4) is 0 Å². The van der Waals surface area contributed by atoms with Gasteiger partial charge in [-0.05, 0) is 66.6 Å². The lowest BCUT2D eigenvalue weighted by Crippen LogP contribution is -2.46. The molecule has 0 spiro atoms. The normalized spacial score (nSPS) is 14.6. The Morgan fingerprint density at radius 3 is 2.10 bits per heavy atom. The van der Waals surface area contributed by atoms with E-state index in [1.54, 1.807) is 0 Å². The van der Waals surface area contributed by atoms with Crippen LogP contribution in [0, 0.1) is 0 Å². The number of aliphatic carboxylic acids is 2. The number of nitrogens with two attached hydrogens (primary N) is 2. The number of hydrogen-bond acceptors (Lipinski definition) is 9. The summed E-state index contributed by atoms with van der Waals surface area (Å²) in [7, 11) is 0. The van der Waals surface area contributed by atoms with Crippen LogP contribution in [0.25, 0.3) is 0 Å². The Balaban J connectivity index is 1.25. The summed E-state index contributed by atoms with van der Waals surface area (Å²) >= 11 is 0. The van der Waals surface area contributed by atoms with E-state index in [-0.39, 0.29) is 37.5 Å². The summed E-state index contributed by atoms with van der Waals surface area (Å²) in [6, 6.07) is 17.6. The molecule has 8 N–H and O–H groups in total. The largest absolute Gasteiger partial charge is 0.480 e. The van der Waals surface area contributed by atoms with Crippen molar-refractivity contribution in [3.63, 3.8) is 0 Å². The second-order valence-corrected chi connectivity index (χ2v) is 12.0. The van der Waals surface area contributed by atoms with Crippen LogP contribution in [0.15, 0.2) is 66.9 Å². The number of pyridine rings is 1. The first-order valence-corrected chi connectivity index (χ1v) is 16.2. The molecule has 13 heteroatoms. The van der Waals surface area contributed by atoms with Gasteiger partial charge in [0.15, 0.2) is 0 Å². The van der Waals surface area contributed by atoms with Crippen molar-refractivity contribution in [2.75, 3.05) is 36.4 Å². The maximum absolute atomic E-state index is 12.4. The molecule has 3 aromatic rings. The van der Waals surface area contributed by atoms with Crippen molar-refractivity contribution in [1.82, 2.24) is 15.2 Å². The molecule has 0 radical (unpaired) electrons. The van der Waals surface area contributed by atoms with Gasteiger partial charge in [0.25, 0.3) is 0 Å². The summed E-state index contributed by atoms with van der Waals surface area (Å²) < 4.78 is 0. The van der Waals surface area contributed by atoms with E-state index in [1.807, 2.05) is 54.7 Å². The maximum atomic E-state index is 12.4. The number of carboxylic acids is 2. The smallest absolute Gasteiger partial charge is 0.320 e. The van der Waals surface area contributed by atoms with E-state index in [1.165, 1.54) is 0 Å². The molecule has 0 aliphatic carbocycles. The van der Waals surface area contributed by atoms with Crippen molar-refractivity contribution in [3.05, 3.63) is 89.2 Å². The van der Waals surface area contributed by atoms with Gasteiger partial charge < -0.3 is 37.2 Å². The van der Waals surface area contributed by atoms with Crippen LogP contribution >= 0.6 is 0 Å². The molecular formula is C35H45N7O6. The molecule has 13 nitrogen and oxygen atoms in total. The topological polar surface area (TPSA) is 204 Å². The van der Waals surface area contributed by atoms with Gasteiger partial charge in [-0.1, -0.05) is 36.4 Å². The summed E-state index contributed by atoms with van der Waals surface area (Å²) in [4.78, 5) is 55.9. The minimum absolute atomic E-state index is 0.0298. The van der Waals surface area contributed by atoms with Gasteiger partial charge in [0.1, 0.15) is 12.1 Å². The van der Waals surface area contributed by atoms with Gasteiger partial charge in [0.05, 0.1) is 5.69 Å². The Hall–Kier alpha value is -4.85. The molecule has 1 aromatic heterocycles. The number of benzene rings is 2. The SMILES string of the molecule is N[C@@H](CCC(=O)NCc1ccccc1N1CCN(Cc2cc(CCc3ccccc3NC(=O)CC[C@H](N)C(=O)O)ccn2)CC1)C(=O)O. The van der Waals surface area contributed by atoms with Gasteiger partial charge in [0.2, 0.25) is 11.8 Å². The second kappa shape index (κ2) is 17.9. The number of aryl methyl sites for hydroxylation is 2. The fraction of sp³-hybridized carbons (Fsp3) is 0.400. The van der Waals surface area contributed by atoms with E-state index < -0.39 is 24.0 Å². The molecule has 0 unspecified atom stereocenters. The van der Waals surface area contributed by atoms with Crippen molar-refractivity contribution in [2.24, 2.45) is 11.5 Å². The summed E-state index contributed by atoms with van der Waals surface area (Å²) in [5.74, 6) is -2.73. The Bertz CT molecular complexity index is 1560. The van der Waals surface area contributed by atoms with Crippen LogP contribution in [-0.4, -0.2) is 82.1 Å². The highest BCUT2D eigenvalue weighted by Crippen LogP contribution is 2.23. The Kier molecular flexibility index (Phi) is 13.4. The van der Waals surface area contributed by atoms with Gasteiger partial charge in [0, 0.05) is 69.7 Å². The average molecular weight is 660 g/mol. The predicted octanol–water partition coefficient (Wildman–Crippen LogP) is 2.13. The lowest BCUT2D eigenvalue weighted by atomic mass is 10.0. The van der Waals surface area contributed by atoms with Crippen LogP contribution in [-0.2, 0) is 45.1 Å². The number of carboxylic acid groups (broad SMARTS) is 2. The van der Waals surface area contributed by atoms with Crippen molar-refractivity contribution in [1.29, 1.82) is 0 Å². The number of nitrogens with one attached hydrogen (secondary N) is 2. The number of para-hydroxylation sites is 2. The van der Waals surface area contributed by atoms with E-state index >= 15 is 0 Å². The number of rotatable bonds is 17.